The normalized spacial score (nSPS) is 13.5. The van der Waals surface area contributed by atoms with Crippen molar-refractivity contribution >= 4 is 34.1 Å². The highest BCUT2D eigenvalue weighted by Crippen LogP contribution is 2.38. The summed E-state index contributed by atoms with van der Waals surface area (Å²) in [6, 6.07) is 0. The van der Waals surface area contributed by atoms with E-state index in [1.807, 2.05) is 0 Å². The third-order valence-corrected chi connectivity index (χ3v) is 3.98. The molecule has 0 bridgehead atoms. The lowest BCUT2D eigenvalue weighted by molar-refractivity contribution is -0.297. The first-order valence-corrected chi connectivity index (χ1v) is 6.45. The number of primary amides is 1. The standard InChI is InChI=1S/C12H12N2O4S/c13-11(18)10-6-2-1-3-7(6)19-12(10)14-8(15)4-5-9(16)17/h4-5H,1-3H2,(H2,13,18)(H,14,15)(H,16,17)/p-1/b5-4+. The molecule has 0 unspecified atom stereocenters. The number of aliphatic carboxylic acids is 1. The maximum atomic E-state index is 11.5. The Hall–Kier alpha value is -2.15. The summed E-state index contributed by atoms with van der Waals surface area (Å²) in [7, 11) is 0. The first-order chi connectivity index (χ1) is 8.99. The van der Waals surface area contributed by atoms with Gasteiger partial charge in [-0.05, 0) is 30.9 Å². The van der Waals surface area contributed by atoms with E-state index in [0.29, 0.717) is 16.6 Å². The molecule has 0 saturated heterocycles. The zero-order chi connectivity index (χ0) is 14.0. The zero-order valence-corrected chi connectivity index (χ0v) is 10.7. The molecule has 19 heavy (non-hydrogen) atoms. The van der Waals surface area contributed by atoms with E-state index in [2.05, 4.69) is 5.32 Å². The Bertz CT molecular complexity index is 589. The Labute approximate surface area is 112 Å². The van der Waals surface area contributed by atoms with Crippen LogP contribution in [0.25, 0.3) is 0 Å². The molecular weight excluding hydrogens is 268 g/mol. The van der Waals surface area contributed by atoms with Crippen molar-refractivity contribution in [3.8, 4) is 0 Å². The summed E-state index contributed by atoms with van der Waals surface area (Å²) in [6.45, 7) is 0. The molecule has 0 fully saturated rings. The van der Waals surface area contributed by atoms with Gasteiger partial charge in [-0.3, -0.25) is 9.59 Å². The highest BCUT2D eigenvalue weighted by atomic mass is 32.1. The third-order valence-electron chi connectivity index (χ3n) is 2.78. The van der Waals surface area contributed by atoms with Crippen molar-refractivity contribution in [2.24, 2.45) is 5.73 Å². The van der Waals surface area contributed by atoms with Crippen LogP contribution in [-0.2, 0) is 22.4 Å². The number of fused-ring (bicyclic) bond motifs is 1. The number of nitrogens with one attached hydrogen (secondary N) is 1. The van der Waals surface area contributed by atoms with Gasteiger partial charge in [-0.15, -0.1) is 11.3 Å². The molecule has 7 heteroatoms. The van der Waals surface area contributed by atoms with Crippen LogP contribution in [0.4, 0.5) is 5.00 Å². The lowest BCUT2D eigenvalue weighted by Gasteiger charge is -2.03. The third kappa shape index (κ3) is 2.82. The minimum Gasteiger partial charge on any atom is -0.545 e. The highest BCUT2D eigenvalue weighted by molar-refractivity contribution is 7.17. The average Bonchev–Trinajstić information content (AvgIpc) is 2.85. The molecule has 2 amide bonds. The lowest BCUT2D eigenvalue weighted by atomic mass is 10.1. The van der Waals surface area contributed by atoms with Crippen LogP contribution < -0.4 is 16.2 Å². The molecule has 1 aliphatic carbocycles. The molecular formula is C12H11N2O4S-. The number of hydrogen-bond donors (Lipinski definition) is 2. The van der Waals surface area contributed by atoms with E-state index in [4.69, 9.17) is 5.73 Å². The number of aryl methyl sites for hydroxylation is 1. The van der Waals surface area contributed by atoms with E-state index in [1.165, 1.54) is 11.3 Å². The van der Waals surface area contributed by atoms with Crippen LogP contribution in [0.3, 0.4) is 0 Å². The van der Waals surface area contributed by atoms with Crippen LogP contribution in [0.5, 0.6) is 0 Å². The Morgan fingerprint density at radius 1 is 1.26 bits per heavy atom. The fraction of sp³-hybridized carbons (Fsp3) is 0.250. The molecule has 0 radical (unpaired) electrons. The molecule has 3 N–H and O–H groups in total. The summed E-state index contributed by atoms with van der Waals surface area (Å²) in [5, 5.41) is 13.1. The quantitative estimate of drug-likeness (QED) is 0.729. The van der Waals surface area contributed by atoms with Gasteiger partial charge in [0.15, 0.2) is 0 Å². The summed E-state index contributed by atoms with van der Waals surface area (Å²) in [5.74, 6) is -2.68. The van der Waals surface area contributed by atoms with Gasteiger partial charge in [0.2, 0.25) is 5.91 Å². The number of hydrogen-bond acceptors (Lipinski definition) is 5. The lowest BCUT2D eigenvalue weighted by Crippen LogP contribution is -2.20. The average molecular weight is 279 g/mol. The van der Waals surface area contributed by atoms with E-state index >= 15 is 0 Å². The van der Waals surface area contributed by atoms with E-state index in [9.17, 15) is 19.5 Å². The Morgan fingerprint density at radius 2 is 2.00 bits per heavy atom. The van der Waals surface area contributed by atoms with Crippen molar-refractivity contribution in [3.63, 3.8) is 0 Å². The SMILES string of the molecule is NC(=O)c1c(NC(=O)/C=C/C(=O)[O-])sc2c1CCC2. The van der Waals surface area contributed by atoms with Crippen LogP contribution >= 0.6 is 11.3 Å². The van der Waals surface area contributed by atoms with Gasteiger partial charge in [0.05, 0.1) is 11.5 Å². The predicted octanol–water partition coefficient (Wildman–Crippen LogP) is -0.420. The van der Waals surface area contributed by atoms with Crippen LogP contribution in [0, 0.1) is 0 Å². The summed E-state index contributed by atoms with van der Waals surface area (Å²) < 4.78 is 0. The highest BCUT2D eigenvalue weighted by Gasteiger charge is 2.25. The van der Waals surface area contributed by atoms with Crippen molar-refractivity contribution in [3.05, 3.63) is 28.2 Å². The van der Waals surface area contributed by atoms with Crippen LogP contribution in [-0.4, -0.2) is 17.8 Å². The number of carboxylic acids is 1. The van der Waals surface area contributed by atoms with E-state index in [1.54, 1.807) is 0 Å². The number of carboxylic acid groups (broad SMARTS) is 1. The monoisotopic (exact) mass is 279 g/mol. The second-order valence-electron chi connectivity index (χ2n) is 4.07. The number of rotatable bonds is 4. The number of anilines is 1. The van der Waals surface area contributed by atoms with E-state index in [0.717, 1.165) is 35.8 Å². The molecule has 1 aromatic rings. The van der Waals surface area contributed by atoms with Gasteiger partial charge < -0.3 is 21.0 Å². The molecule has 0 atom stereocenters. The van der Waals surface area contributed by atoms with Crippen molar-refractivity contribution in [1.29, 1.82) is 0 Å². The molecule has 100 valence electrons. The molecule has 2 rings (SSSR count). The van der Waals surface area contributed by atoms with Gasteiger partial charge in [-0.25, -0.2) is 0 Å². The van der Waals surface area contributed by atoms with Gasteiger partial charge in [0.1, 0.15) is 5.00 Å². The predicted molar refractivity (Wildman–Crippen MR) is 67.6 cm³/mol. The second kappa shape index (κ2) is 5.23. The maximum Gasteiger partial charge on any atom is 0.251 e. The molecule has 1 aliphatic rings. The number of carbonyl (C=O) groups is 3. The van der Waals surface area contributed by atoms with Crippen LogP contribution in [0.1, 0.15) is 27.2 Å². The molecule has 1 heterocycles. The molecule has 0 saturated carbocycles. The van der Waals surface area contributed by atoms with Crippen LogP contribution in [0.15, 0.2) is 12.2 Å². The number of thiophene rings is 1. The van der Waals surface area contributed by atoms with E-state index in [-0.39, 0.29) is 0 Å². The smallest absolute Gasteiger partial charge is 0.251 e. The maximum absolute atomic E-state index is 11.5. The molecule has 1 aromatic heterocycles. The number of carbonyl (C=O) groups excluding carboxylic acids is 3. The summed E-state index contributed by atoms with van der Waals surface area (Å²) >= 11 is 1.31. The van der Waals surface area contributed by atoms with Gasteiger partial charge >= 0.3 is 0 Å². The second-order valence-corrected chi connectivity index (χ2v) is 5.17. The Balaban J connectivity index is 2.24. The van der Waals surface area contributed by atoms with Gasteiger partial charge in [0.25, 0.3) is 5.91 Å². The van der Waals surface area contributed by atoms with E-state index < -0.39 is 17.8 Å². The molecule has 6 nitrogen and oxygen atoms in total. The minimum atomic E-state index is -1.46. The van der Waals surface area contributed by atoms with Gasteiger partial charge in [0, 0.05) is 11.0 Å². The molecule has 0 aromatic carbocycles. The zero-order valence-electron chi connectivity index (χ0n) is 9.89. The summed E-state index contributed by atoms with van der Waals surface area (Å²) in [6.07, 6.45) is 4.08. The number of nitrogens with two attached hydrogens (primary N) is 1. The number of amides is 2. The minimum absolute atomic E-state index is 0.340. The topological polar surface area (TPSA) is 112 Å². The molecule has 0 aliphatic heterocycles. The molecule has 0 spiro atoms. The fourth-order valence-corrected chi connectivity index (χ4v) is 3.35. The van der Waals surface area contributed by atoms with Crippen molar-refractivity contribution in [2.75, 3.05) is 5.32 Å². The first kappa shape index (κ1) is 13.3. The Morgan fingerprint density at radius 3 is 2.63 bits per heavy atom. The summed E-state index contributed by atoms with van der Waals surface area (Å²) in [5.41, 5.74) is 6.56. The Kier molecular flexibility index (Phi) is 3.66. The first-order valence-electron chi connectivity index (χ1n) is 5.63. The largest absolute Gasteiger partial charge is 0.545 e. The van der Waals surface area contributed by atoms with Crippen LogP contribution in [0.2, 0.25) is 0 Å². The van der Waals surface area contributed by atoms with Gasteiger partial charge in [-0.1, -0.05) is 0 Å². The fourth-order valence-electron chi connectivity index (χ4n) is 2.05. The van der Waals surface area contributed by atoms with Crippen molar-refractivity contribution in [2.45, 2.75) is 19.3 Å². The van der Waals surface area contributed by atoms with Gasteiger partial charge in [-0.2, -0.15) is 0 Å². The van der Waals surface area contributed by atoms with Crippen molar-refractivity contribution < 1.29 is 19.5 Å². The van der Waals surface area contributed by atoms with Crippen molar-refractivity contribution in [1.82, 2.24) is 0 Å². The summed E-state index contributed by atoms with van der Waals surface area (Å²) in [4.78, 5) is 34.2.